The molecule has 1 aromatic carbocycles. The highest BCUT2D eigenvalue weighted by atomic mass is 32.1. The normalized spacial score (nSPS) is 11.5. The van der Waals surface area contributed by atoms with Crippen molar-refractivity contribution in [2.75, 3.05) is 14.2 Å². The van der Waals surface area contributed by atoms with Gasteiger partial charge in [-0.15, -0.1) is 11.3 Å². The summed E-state index contributed by atoms with van der Waals surface area (Å²) in [5, 5.41) is 1.18. The van der Waals surface area contributed by atoms with Crippen LogP contribution in [0.1, 0.15) is 51.3 Å². The molecule has 2 nitrogen and oxygen atoms in total. The lowest BCUT2D eigenvalue weighted by atomic mass is 10.1. The molecule has 0 aliphatic rings. The maximum atomic E-state index is 5.40. The predicted molar refractivity (Wildman–Crippen MR) is 116 cm³/mol. The van der Waals surface area contributed by atoms with E-state index < -0.39 is 0 Å². The molecule has 1 heterocycles. The van der Waals surface area contributed by atoms with Crippen LogP contribution in [-0.2, 0) is 0 Å². The molecule has 0 atom stereocenters. The van der Waals surface area contributed by atoms with E-state index in [4.69, 9.17) is 9.47 Å². The zero-order valence-corrected chi connectivity index (χ0v) is 17.5. The van der Waals surface area contributed by atoms with Crippen LogP contribution in [0.5, 0.6) is 11.5 Å². The van der Waals surface area contributed by atoms with Crippen LogP contribution in [0.3, 0.4) is 0 Å². The average Bonchev–Trinajstić information content (AvgIpc) is 3.02. The summed E-state index contributed by atoms with van der Waals surface area (Å²) in [5.74, 6) is 1.54. The molecule has 0 spiro atoms. The van der Waals surface area contributed by atoms with E-state index >= 15 is 0 Å². The van der Waals surface area contributed by atoms with E-state index in [9.17, 15) is 0 Å². The van der Waals surface area contributed by atoms with E-state index in [0.29, 0.717) is 0 Å². The van der Waals surface area contributed by atoms with Gasteiger partial charge in [-0.3, -0.25) is 0 Å². The quantitative estimate of drug-likeness (QED) is 0.428. The van der Waals surface area contributed by atoms with Gasteiger partial charge in [0, 0.05) is 15.6 Å². The third kappa shape index (κ3) is 5.50. The van der Waals surface area contributed by atoms with E-state index in [1.54, 1.807) is 25.6 Å². The summed E-state index contributed by atoms with van der Waals surface area (Å²) < 4.78 is 12.0. The van der Waals surface area contributed by atoms with E-state index in [1.807, 2.05) is 12.1 Å². The van der Waals surface area contributed by atoms with Crippen molar-refractivity contribution in [1.29, 1.82) is 0 Å². The van der Waals surface area contributed by atoms with Gasteiger partial charge >= 0.3 is 0 Å². The first kappa shape index (κ1) is 20.3. The minimum atomic E-state index is 0.768. The number of fused-ring (bicyclic) bond motifs is 1. The highest BCUT2D eigenvalue weighted by molar-refractivity contribution is 7.20. The van der Waals surface area contributed by atoms with Gasteiger partial charge in [0.05, 0.1) is 14.2 Å². The summed E-state index contributed by atoms with van der Waals surface area (Å²) in [5.41, 5.74) is 4.04. The summed E-state index contributed by atoms with van der Waals surface area (Å²) in [6, 6.07) is 6.29. The van der Waals surface area contributed by atoms with Crippen molar-refractivity contribution in [3.05, 3.63) is 53.0 Å². The molecule has 0 unspecified atom stereocenters. The van der Waals surface area contributed by atoms with Crippen LogP contribution in [0.4, 0.5) is 0 Å². The van der Waals surface area contributed by atoms with Gasteiger partial charge in [-0.2, -0.15) is 0 Å². The minimum Gasteiger partial charge on any atom is -0.493 e. The molecule has 0 fully saturated rings. The molecular formula is C23H30O2S. The smallest absolute Gasteiger partial charge is 0.162 e. The number of allylic oxidation sites excluding steroid dienone is 5. The lowest BCUT2D eigenvalue weighted by Gasteiger charge is -2.06. The number of hydrogen-bond acceptors (Lipinski definition) is 3. The largest absolute Gasteiger partial charge is 0.493 e. The fourth-order valence-corrected chi connectivity index (χ4v) is 3.92. The number of methoxy groups -OCH3 is 2. The molecule has 0 aliphatic heterocycles. The summed E-state index contributed by atoms with van der Waals surface area (Å²) in [6.07, 6.45) is 8.95. The maximum Gasteiger partial charge on any atom is 0.162 e. The fourth-order valence-electron chi connectivity index (χ4n) is 2.85. The van der Waals surface area contributed by atoms with Crippen molar-refractivity contribution in [3.63, 3.8) is 0 Å². The Morgan fingerprint density at radius 3 is 2.27 bits per heavy atom. The van der Waals surface area contributed by atoms with Crippen molar-refractivity contribution in [1.82, 2.24) is 0 Å². The number of ether oxygens (including phenoxy) is 2. The molecule has 3 heteroatoms. The monoisotopic (exact) mass is 370 g/mol. The van der Waals surface area contributed by atoms with Crippen molar-refractivity contribution in [2.24, 2.45) is 0 Å². The molecule has 26 heavy (non-hydrogen) atoms. The third-order valence-corrected chi connectivity index (χ3v) is 5.60. The topological polar surface area (TPSA) is 18.5 Å². The molecule has 0 N–H and O–H groups in total. The van der Waals surface area contributed by atoms with Gasteiger partial charge in [-0.25, -0.2) is 0 Å². The van der Waals surface area contributed by atoms with Gasteiger partial charge in [-0.1, -0.05) is 29.9 Å². The Labute approximate surface area is 161 Å². The number of rotatable bonds is 9. The maximum absolute atomic E-state index is 5.40. The molecular weight excluding hydrogens is 340 g/mol. The average molecular weight is 371 g/mol. The molecule has 140 valence electrons. The molecule has 0 aliphatic carbocycles. The summed E-state index contributed by atoms with van der Waals surface area (Å²) in [6.45, 7) is 10.8. The molecule has 2 rings (SSSR count). The Hall–Kier alpha value is -2.00. The van der Waals surface area contributed by atoms with Crippen LogP contribution in [-0.4, -0.2) is 14.2 Å². The second-order valence-electron chi connectivity index (χ2n) is 6.87. The zero-order valence-electron chi connectivity index (χ0n) is 16.6. The van der Waals surface area contributed by atoms with Crippen LogP contribution in [0.2, 0.25) is 0 Å². The van der Waals surface area contributed by atoms with Gasteiger partial charge in [0.1, 0.15) is 0 Å². The number of hydrogen-bond donors (Lipinski definition) is 0. The van der Waals surface area contributed by atoms with Crippen LogP contribution in [0.15, 0.2) is 48.1 Å². The Kier molecular flexibility index (Phi) is 7.52. The second kappa shape index (κ2) is 9.63. The highest BCUT2D eigenvalue weighted by Crippen LogP contribution is 2.38. The first-order chi connectivity index (χ1) is 12.4. The number of benzene rings is 1. The molecule has 2 aromatic rings. The predicted octanol–water partition coefficient (Wildman–Crippen LogP) is 7.40. The molecule has 0 amide bonds. The van der Waals surface area contributed by atoms with E-state index in [1.165, 1.54) is 31.7 Å². The Balaban J connectivity index is 2.00. The van der Waals surface area contributed by atoms with Crippen LogP contribution in [0.25, 0.3) is 15.7 Å². The lowest BCUT2D eigenvalue weighted by Crippen LogP contribution is -1.89. The van der Waals surface area contributed by atoms with E-state index in [2.05, 4.69) is 45.6 Å². The SMILES string of the molecule is C=C(CC/C=C(\C)CCC=C(C)C)c1cc2cc(OC)c(OC)cc2s1. The number of thiophene rings is 1. The molecule has 0 saturated heterocycles. The molecule has 1 aromatic heterocycles. The van der Waals surface area contributed by atoms with Crippen molar-refractivity contribution in [3.8, 4) is 11.5 Å². The van der Waals surface area contributed by atoms with Gasteiger partial charge in [0.2, 0.25) is 0 Å². The van der Waals surface area contributed by atoms with Crippen molar-refractivity contribution in [2.45, 2.75) is 46.5 Å². The minimum absolute atomic E-state index is 0.768. The highest BCUT2D eigenvalue weighted by Gasteiger charge is 2.10. The first-order valence-corrected chi connectivity index (χ1v) is 9.89. The van der Waals surface area contributed by atoms with Gasteiger partial charge in [0.25, 0.3) is 0 Å². The van der Waals surface area contributed by atoms with E-state index in [0.717, 1.165) is 37.2 Å². The summed E-state index contributed by atoms with van der Waals surface area (Å²) >= 11 is 1.77. The lowest BCUT2D eigenvalue weighted by molar-refractivity contribution is 0.356. The fraction of sp³-hybridized carbons (Fsp3) is 0.391. The summed E-state index contributed by atoms with van der Waals surface area (Å²) in [4.78, 5) is 1.24. The first-order valence-electron chi connectivity index (χ1n) is 9.07. The standard InChI is InChI=1S/C23H30O2S/c1-16(2)9-7-10-17(3)11-8-12-18(4)22-14-19-13-20(24-5)21(25-6)15-23(19)26-22/h9,11,13-15H,4,7-8,10,12H2,1-3,5-6H3/b17-11+. The van der Waals surface area contributed by atoms with Gasteiger partial charge in [-0.05, 0) is 69.5 Å². The van der Waals surface area contributed by atoms with Crippen molar-refractivity contribution < 1.29 is 9.47 Å². The summed E-state index contributed by atoms with van der Waals surface area (Å²) in [7, 11) is 3.34. The zero-order chi connectivity index (χ0) is 19.1. The Morgan fingerprint density at radius 2 is 1.62 bits per heavy atom. The molecule has 0 bridgehead atoms. The van der Waals surface area contributed by atoms with Crippen LogP contribution >= 0.6 is 11.3 Å². The second-order valence-corrected chi connectivity index (χ2v) is 7.95. The van der Waals surface area contributed by atoms with E-state index in [-0.39, 0.29) is 0 Å². The van der Waals surface area contributed by atoms with Crippen LogP contribution in [0, 0.1) is 0 Å². The molecule has 0 radical (unpaired) electrons. The van der Waals surface area contributed by atoms with Gasteiger partial charge < -0.3 is 9.47 Å². The Morgan fingerprint density at radius 1 is 0.962 bits per heavy atom. The van der Waals surface area contributed by atoms with Crippen LogP contribution < -0.4 is 9.47 Å². The van der Waals surface area contributed by atoms with Gasteiger partial charge in [0.15, 0.2) is 11.5 Å². The van der Waals surface area contributed by atoms with Crippen molar-refractivity contribution >= 4 is 27.0 Å². The Bertz CT molecular complexity index is 779. The third-order valence-electron chi connectivity index (χ3n) is 4.40. The molecule has 0 saturated carbocycles.